The van der Waals surface area contributed by atoms with E-state index in [0.29, 0.717) is 15.9 Å². The number of aryl methyl sites for hydroxylation is 1. The van der Waals surface area contributed by atoms with Crippen LogP contribution in [0.2, 0.25) is 10.0 Å². The molecule has 0 unspecified atom stereocenters. The van der Waals surface area contributed by atoms with Gasteiger partial charge in [-0.3, -0.25) is 4.90 Å². The van der Waals surface area contributed by atoms with Crippen molar-refractivity contribution in [1.82, 2.24) is 14.9 Å². The third-order valence-electron chi connectivity index (χ3n) is 4.65. The largest absolute Gasteiger partial charge is 0.340 e. The van der Waals surface area contributed by atoms with E-state index in [1.54, 1.807) is 6.07 Å². The van der Waals surface area contributed by atoms with Crippen LogP contribution in [0.4, 0.5) is 11.5 Å². The Kier molecular flexibility index (Phi) is 6.89. The van der Waals surface area contributed by atoms with Crippen LogP contribution in [-0.4, -0.2) is 28.0 Å². The predicted octanol–water partition coefficient (Wildman–Crippen LogP) is 6.34. The van der Waals surface area contributed by atoms with Gasteiger partial charge in [0.05, 0.1) is 0 Å². The van der Waals surface area contributed by atoms with E-state index >= 15 is 0 Å². The van der Waals surface area contributed by atoms with Gasteiger partial charge in [-0.1, -0.05) is 67.4 Å². The molecule has 1 aromatic heterocycles. The lowest BCUT2D eigenvalue weighted by Gasteiger charge is -2.22. The highest BCUT2D eigenvalue weighted by Gasteiger charge is 2.16. The Hall–Kier alpha value is -2.14. The van der Waals surface area contributed by atoms with Gasteiger partial charge in [-0.15, -0.1) is 0 Å². The Balaban J connectivity index is 2.07. The summed E-state index contributed by atoms with van der Waals surface area (Å²) >= 11 is 12.4. The number of nitrogens with zero attached hydrogens (tertiary/aromatic N) is 3. The predicted molar refractivity (Wildman–Crippen MR) is 119 cm³/mol. The summed E-state index contributed by atoms with van der Waals surface area (Å²) in [7, 11) is 0. The van der Waals surface area contributed by atoms with Crippen LogP contribution < -0.4 is 5.32 Å². The van der Waals surface area contributed by atoms with Crippen molar-refractivity contribution in [3.8, 4) is 11.4 Å². The minimum atomic E-state index is 0.578. The van der Waals surface area contributed by atoms with Crippen molar-refractivity contribution < 1.29 is 0 Å². The van der Waals surface area contributed by atoms with Gasteiger partial charge in [0, 0.05) is 39.1 Å². The Labute approximate surface area is 176 Å². The second kappa shape index (κ2) is 9.37. The molecule has 0 fully saturated rings. The first-order valence-electron chi connectivity index (χ1n) is 9.38. The van der Waals surface area contributed by atoms with E-state index in [-0.39, 0.29) is 0 Å². The molecule has 0 aliphatic rings. The van der Waals surface area contributed by atoms with Gasteiger partial charge in [0.15, 0.2) is 5.82 Å². The van der Waals surface area contributed by atoms with Crippen molar-refractivity contribution in [3.63, 3.8) is 0 Å². The van der Waals surface area contributed by atoms with Gasteiger partial charge in [0.1, 0.15) is 5.82 Å². The van der Waals surface area contributed by atoms with Crippen molar-refractivity contribution >= 4 is 34.7 Å². The summed E-state index contributed by atoms with van der Waals surface area (Å²) < 4.78 is 0. The van der Waals surface area contributed by atoms with Crippen molar-refractivity contribution in [2.45, 2.75) is 27.3 Å². The maximum atomic E-state index is 6.18. The van der Waals surface area contributed by atoms with E-state index in [1.165, 1.54) is 0 Å². The van der Waals surface area contributed by atoms with E-state index in [2.05, 4.69) is 24.1 Å². The van der Waals surface area contributed by atoms with Gasteiger partial charge in [-0.05, 0) is 38.2 Å². The van der Waals surface area contributed by atoms with Crippen LogP contribution in [0.3, 0.4) is 0 Å². The molecular weight excluding hydrogens is 391 g/mol. The minimum absolute atomic E-state index is 0.578. The fourth-order valence-electron chi connectivity index (χ4n) is 3.04. The van der Waals surface area contributed by atoms with Gasteiger partial charge >= 0.3 is 0 Å². The molecule has 0 aliphatic heterocycles. The van der Waals surface area contributed by atoms with E-state index in [1.807, 2.05) is 49.4 Å². The number of anilines is 2. The number of halogens is 2. The molecule has 4 nitrogen and oxygen atoms in total. The highest BCUT2D eigenvalue weighted by molar-refractivity contribution is 6.35. The van der Waals surface area contributed by atoms with Crippen LogP contribution in [0, 0.1) is 6.92 Å². The fraction of sp³-hybridized carbons (Fsp3) is 0.273. The molecule has 0 amide bonds. The molecule has 0 atom stereocenters. The van der Waals surface area contributed by atoms with Crippen LogP contribution in [0.5, 0.6) is 0 Å². The van der Waals surface area contributed by atoms with Gasteiger partial charge in [0.2, 0.25) is 0 Å². The Morgan fingerprint density at radius 3 is 2.18 bits per heavy atom. The number of aromatic nitrogens is 2. The highest BCUT2D eigenvalue weighted by Crippen LogP contribution is 2.29. The average molecular weight is 415 g/mol. The standard InChI is InChI=1S/C22H24Cl2N4/c1-4-28(5-2)14-20-15(3)25-21(16-9-7-6-8-10-16)27-22(20)26-19-12-17(23)11-18(24)13-19/h6-13H,4-5,14H2,1-3H3,(H,25,26,27). The zero-order valence-corrected chi connectivity index (χ0v) is 17.8. The molecule has 6 heteroatoms. The molecule has 3 rings (SSSR count). The summed E-state index contributed by atoms with van der Waals surface area (Å²) in [4.78, 5) is 12.0. The molecule has 2 aromatic carbocycles. The van der Waals surface area contributed by atoms with Crippen molar-refractivity contribution in [2.24, 2.45) is 0 Å². The quantitative estimate of drug-likeness (QED) is 0.489. The molecular formula is C22H24Cl2N4. The van der Waals surface area contributed by atoms with Gasteiger partial charge in [-0.25, -0.2) is 9.97 Å². The van der Waals surface area contributed by atoms with Crippen molar-refractivity contribution in [2.75, 3.05) is 18.4 Å². The third kappa shape index (κ3) is 5.02. The second-order valence-corrected chi connectivity index (χ2v) is 7.44. The van der Waals surface area contributed by atoms with Crippen LogP contribution in [0.1, 0.15) is 25.1 Å². The molecule has 28 heavy (non-hydrogen) atoms. The lowest BCUT2D eigenvalue weighted by atomic mass is 10.1. The zero-order valence-electron chi connectivity index (χ0n) is 16.3. The first-order chi connectivity index (χ1) is 13.5. The molecule has 0 aliphatic carbocycles. The van der Waals surface area contributed by atoms with Crippen LogP contribution in [0.15, 0.2) is 48.5 Å². The molecule has 3 aromatic rings. The summed E-state index contributed by atoms with van der Waals surface area (Å²) in [6.45, 7) is 9.02. The Bertz CT molecular complexity index is 921. The minimum Gasteiger partial charge on any atom is -0.340 e. The molecule has 0 bridgehead atoms. The van der Waals surface area contributed by atoms with Crippen molar-refractivity contribution in [3.05, 3.63) is 69.8 Å². The highest BCUT2D eigenvalue weighted by atomic mass is 35.5. The molecule has 0 saturated heterocycles. The van der Waals surface area contributed by atoms with E-state index in [9.17, 15) is 0 Å². The normalized spacial score (nSPS) is 11.1. The second-order valence-electron chi connectivity index (χ2n) is 6.57. The van der Waals surface area contributed by atoms with E-state index in [4.69, 9.17) is 33.2 Å². The Morgan fingerprint density at radius 2 is 1.57 bits per heavy atom. The van der Waals surface area contributed by atoms with Gasteiger partial charge in [-0.2, -0.15) is 0 Å². The van der Waals surface area contributed by atoms with Gasteiger partial charge < -0.3 is 5.32 Å². The monoisotopic (exact) mass is 414 g/mol. The number of nitrogens with one attached hydrogen (secondary N) is 1. The van der Waals surface area contributed by atoms with Crippen LogP contribution in [0.25, 0.3) is 11.4 Å². The number of hydrogen-bond donors (Lipinski definition) is 1. The number of hydrogen-bond acceptors (Lipinski definition) is 4. The van der Waals surface area contributed by atoms with E-state index < -0.39 is 0 Å². The fourth-order valence-corrected chi connectivity index (χ4v) is 3.56. The summed E-state index contributed by atoms with van der Waals surface area (Å²) in [6, 6.07) is 15.4. The molecule has 0 spiro atoms. The molecule has 0 radical (unpaired) electrons. The average Bonchev–Trinajstić information content (AvgIpc) is 2.67. The summed E-state index contributed by atoms with van der Waals surface area (Å²) in [6.07, 6.45) is 0. The van der Waals surface area contributed by atoms with Gasteiger partial charge in [0.25, 0.3) is 0 Å². The zero-order chi connectivity index (χ0) is 20.1. The summed E-state index contributed by atoms with van der Waals surface area (Å²) in [5, 5.41) is 4.57. The van der Waals surface area contributed by atoms with E-state index in [0.717, 1.165) is 48.0 Å². The molecule has 1 heterocycles. The molecule has 0 saturated carbocycles. The lowest BCUT2D eigenvalue weighted by molar-refractivity contribution is 0.295. The topological polar surface area (TPSA) is 41.1 Å². The lowest BCUT2D eigenvalue weighted by Crippen LogP contribution is -2.24. The number of rotatable bonds is 7. The summed E-state index contributed by atoms with van der Waals surface area (Å²) in [5.41, 5.74) is 3.80. The number of benzene rings is 2. The maximum Gasteiger partial charge on any atom is 0.161 e. The van der Waals surface area contributed by atoms with Crippen molar-refractivity contribution in [1.29, 1.82) is 0 Å². The molecule has 146 valence electrons. The Morgan fingerprint density at radius 1 is 0.929 bits per heavy atom. The first-order valence-corrected chi connectivity index (χ1v) is 10.1. The van der Waals surface area contributed by atoms with Crippen LogP contribution in [-0.2, 0) is 6.54 Å². The SMILES string of the molecule is CCN(CC)Cc1c(C)nc(-c2ccccc2)nc1Nc1cc(Cl)cc(Cl)c1. The smallest absolute Gasteiger partial charge is 0.161 e. The molecule has 1 N–H and O–H groups in total. The first kappa shape index (κ1) is 20.6. The third-order valence-corrected chi connectivity index (χ3v) is 5.08. The maximum absolute atomic E-state index is 6.18. The van der Waals surface area contributed by atoms with Crippen LogP contribution >= 0.6 is 23.2 Å². The summed E-state index contributed by atoms with van der Waals surface area (Å²) in [5.74, 6) is 1.47.